The summed E-state index contributed by atoms with van der Waals surface area (Å²) in [6.45, 7) is -0.399. The highest BCUT2D eigenvalue weighted by atomic mass is 35.5. The standard InChI is InChI=1S/C20H22ClN3O6S/c1-23-10-3-5-17(23)19(26)22-18(25)13-30-20(27)14-4-2-11-24(12-14)31(28,29)16-8-6-15(21)7-9-16/h3,5-10,14H,2,4,11-13H2,1H3,(H,22,25,26). The third-order valence-corrected chi connectivity index (χ3v) is 7.08. The van der Waals surface area contributed by atoms with Gasteiger partial charge in [-0.05, 0) is 49.2 Å². The van der Waals surface area contributed by atoms with Crippen LogP contribution in [0.2, 0.25) is 5.02 Å². The number of carbonyl (C=O) groups excluding carboxylic acids is 3. The molecule has 2 aromatic rings. The second-order valence-electron chi connectivity index (χ2n) is 7.15. The fourth-order valence-electron chi connectivity index (χ4n) is 3.29. The number of piperidine rings is 1. The molecule has 0 saturated carbocycles. The first-order valence-electron chi connectivity index (χ1n) is 9.56. The van der Waals surface area contributed by atoms with Gasteiger partial charge in [0.05, 0.1) is 10.8 Å². The minimum absolute atomic E-state index is 0.0479. The van der Waals surface area contributed by atoms with E-state index in [1.165, 1.54) is 28.6 Å². The molecule has 1 aromatic heterocycles. The van der Waals surface area contributed by atoms with Gasteiger partial charge in [0.1, 0.15) is 5.69 Å². The van der Waals surface area contributed by atoms with Gasteiger partial charge in [-0.2, -0.15) is 4.31 Å². The molecule has 1 N–H and O–H groups in total. The molecule has 9 nitrogen and oxygen atoms in total. The predicted octanol–water partition coefficient (Wildman–Crippen LogP) is 1.58. The summed E-state index contributed by atoms with van der Waals surface area (Å²) in [5.41, 5.74) is 0.287. The number of aromatic nitrogens is 1. The lowest BCUT2D eigenvalue weighted by Gasteiger charge is -2.30. The normalized spacial score (nSPS) is 17.2. The van der Waals surface area contributed by atoms with Gasteiger partial charge >= 0.3 is 5.97 Å². The summed E-state index contributed by atoms with van der Waals surface area (Å²) in [5, 5.41) is 2.57. The van der Waals surface area contributed by atoms with E-state index >= 15 is 0 Å². The van der Waals surface area contributed by atoms with Gasteiger partial charge in [-0.15, -0.1) is 0 Å². The Balaban J connectivity index is 1.54. The van der Waals surface area contributed by atoms with Crippen LogP contribution < -0.4 is 5.32 Å². The van der Waals surface area contributed by atoms with Crippen LogP contribution >= 0.6 is 11.6 Å². The Morgan fingerprint density at radius 2 is 1.90 bits per heavy atom. The summed E-state index contributed by atoms with van der Waals surface area (Å²) < 4.78 is 33.4. The third kappa shape index (κ3) is 5.52. The fourth-order valence-corrected chi connectivity index (χ4v) is 4.94. The van der Waals surface area contributed by atoms with Crippen LogP contribution in [0.25, 0.3) is 0 Å². The molecule has 1 aromatic carbocycles. The lowest BCUT2D eigenvalue weighted by Crippen LogP contribution is -2.43. The summed E-state index contributed by atoms with van der Waals surface area (Å²) >= 11 is 5.82. The average Bonchev–Trinajstić information content (AvgIpc) is 3.18. The average molecular weight is 468 g/mol. The molecule has 1 aliphatic rings. The maximum Gasteiger partial charge on any atom is 0.310 e. The number of carbonyl (C=O) groups is 3. The molecule has 1 fully saturated rings. The van der Waals surface area contributed by atoms with Crippen LogP contribution in [0.5, 0.6) is 0 Å². The summed E-state index contributed by atoms with van der Waals surface area (Å²) in [5.74, 6) is -2.75. The van der Waals surface area contributed by atoms with Crippen molar-refractivity contribution in [2.24, 2.45) is 13.0 Å². The minimum atomic E-state index is -3.78. The summed E-state index contributed by atoms with van der Waals surface area (Å²) in [6, 6.07) is 9.00. The second kappa shape index (κ2) is 9.63. The topological polar surface area (TPSA) is 115 Å². The Bertz CT molecular complexity index is 1080. The number of aryl methyl sites for hydroxylation is 1. The number of sulfonamides is 1. The molecule has 3 rings (SSSR count). The monoisotopic (exact) mass is 467 g/mol. The number of benzene rings is 1. The zero-order valence-electron chi connectivity index (χ0n) is 16.8. The van der Waals surface area contributed by atoms with E-state index in [0.29, 0.717) is 17.9 Å². The molecular formula is C20H22ClN3O6S. The van der Waals surface area contributed by atoms with Crippen LogP contribution in [-0.2, 0) is 31.4 Å². The highest BCUT2D eigenvalue weighted by Gasteiger charge is 2.34. The van der Waals surface area contributed by atoms with Crippen molar-refractivity contribution >= 4 is 39.4 Å². The molecule has 0 bridgehead atoms. The van der Waals surface area contributed by atoms with Gasteiger partial charge in [-0.1, -0.05) is 11.6 Å². The number of ether oxygens (including phenoxy) is 1. The smallest absolute Gasteiger partial charge is 0.310 e. The van der Waals surface area contributed by atoms with Crippen LogP contribution in [0.1, 0.15) is 23.3 Å². The number of esters is 1. The van der Waals surface area contributed by atoms with Gasteiger partial charge in [0, 0.05) is 31.4 Å². The fraction of sp³-hybridized carbons (Fsp3) is 0.350. The van der Waals surface area contributed by atoms with Crippen molar-refractivity contribution in [2.45, 2.75) is 17.7 Å². The van der Waals surface area contributed by atoms with E-state index in [4.69, 9.17) is 16.3 Å². The molecular weight excluding hydrogens is 446 g/mol. The van der Waals surface area contributed by atoms with Crippen LogP contribution in [0, 0.1) is 5.92 Å². The van der Waals surface area contributed by atoms with Crippen molar-refractivity contribution in [2.75, 3.05) is 19.7 Å². The number of hydrogen-bond acceptors (Lipinski definition) is 6. The zero-order chi connectivity index (χ0) is 22.6. The van der Waals surface area contributed by atoms with Gasteiger partial charge in [0.15, 0.2) is 6.61 Å². The number of rotatable bonds is 6. The molecule has 2 heterocycles. The largest absolute Gasteiger partial charge is 0.455 e. The van der Waals surface area contributed by atoms with Crippen molar-refractivity contribution in [1.29, 1.82) is 0 Å². The Morgan fingerprint density at radius 1 is 1.19 bits per heavy atom. The van der Waals surface area contributed by atoms with Gasteiger partial charge in [-0.3, -0.25) is 19.7 Å². The molecule has 1 atom stereocenters. The maximum atomic E-state index is 12.8. The van der Waals surface area contributed by atoms with Crippen LogP contribution in [0.3, 0.4) is 0 Å². The van der Waals surface area contributed by atoms with E-state index in [1.807, 2.05) is 0 Å². The Morgan fingerprint density at radius 3 is 2.55 bits per heavy atom. The summed E-state index contributed by atoms with van der Waals surface area (Å²) in [6.07, 6.45) is 2.58. The Kier molecular flexibility index (Phi) is 7.14. The van der Waals surface area contributed by atoms with E-state index < -0.39 is 40.3 Å². The molecule has 1 saturated heterocycles. The van der Waals surface area contributed by atoms with E-state index in [1.54, 1.807) is 29.9 Å². The van der Waals surface area contributed by atoms with Crippen LogP contribution in [0.15, 0.2) is 47.5 Å². The molecule has 31 heavy (non-hydrogen) atoms. The van der Waals surface area contributed by atoms with Gasteiger partial charge in [0.2, 0.25) is 10.0 Å². The van der Waals surface area contributed by atoms with E-state index in [-0.39, 0.29) is 23.7 Å². The molecule has 0 radical (unpaired) electrons. The number of nitrogens with one attached hydrogen (secondary N) is 1. The quantitative estimate of drug-likeness (QED) is 0.645. The number of nitrogens with zero attached hydrogens (tertiary/aromatic N) is 2. The second-order valence-corrected chi connectivity index (χ2v) is 9.52. The van der Waals surface area contributed by atoms with Crippen LogP contribution in [0.4, 0.5) is 0 Å². The van der Waals surface area contributed by atoms with E-state index in [9.17, 15) is 22.8 Å². The van der Waals surface area contributed by atoms with Gasteiger partial charge < -0.3 is 9.30 Å². The lowest BCUT2D eigenvalue weighted by molar-refractivity contribution is -0.153. The first-order valence-corrected chi connectivity index (χ1v) is 11.4. The van der Waals surface area contributed by atoms with E-state index in [0.717, 1.165) is 0 Å². The summed E-state index contributed by atoms with van der Waals surface area (Å²) in [4.78, 5) is 36.4. The van der Waals surface area contributed by atoms with Gasteiger partial charge in [-0.25, -0.2) is 8.42 Å². The van der Waals surface area contributed by atoms with Crippen molar-refractivity contribution in [3.8, 4) is 0 Å². The summed E-state index contributed by atoms with van der Waals surface area (Å²) in [7, 11) is -2.12. The number of halogens is 1. The lowest BCUT2D eigenvalue weighted by atomic mass is 10.00. The third-order valence-electron chi connectivity index (χ3n) is 4.94. The van der Waals surface area contributed by atoms with Crippen molar-refractivity contribution in [3.05, 3.63) is 53.3 Å². The highest BCUT2D eigenvalue weighted by Crippen LogP contribution is 2.25. The van der Waals surface area contributed by atoms with Crippen LogP contribution in [-0.4, -0.2) is 54.8 Å². The Labute approximate surface area is 185 Å². The number of hydrogen-bond donors (Lipinski definition) is 1. The number of imide groups is 1. The maximum absolute atomic E-state index is 12.8. The highest BCUT2D eigenvalue weighted by molar-refractivity contribution is 7.89. The number of amides is 2. The molecule has 166 valence electrons. The van der Waals surface area contributed by atoms with Crippen molar-refractivity contribution < 1.29 is 27.5 Å². The minimum Gasteiger partial charge on any atom is -0.455 e. The molecule has 1 aliphatic heterocycles. The first kappa shape index (κ1) is 23.0. The molecule has 0 aliphatic carbocycles. The zero-order valence-corrected chi connectivity index (χ0v) is 18.4. The molecule has 11 heteroatoms. The molecule has 1 unspecified atom stereocenters. The SMILES string of the molecule is Cn1cccc1C(=O)NC(=O)COC(=O)C1CCCN(S(=O)(=O)c2ccc(Cl)cc2)C1. The van der Waals surface area contributed by atoms with Gasteiger partial charge in [0.25, 0.3) is 11.8 Å². The molecule has 0 spiro atoms. The van der Waals surface area contributed by atoms with Crippen molar-refractivity contribution in [1.82, 2.24) is 14.2 Å². The first-order chi connectivity index (χ1) is 14.7. The van der Waals surface area contributed by atoms with Crippen molar-refractivity contribution in [3.63, 3.8) is 0 Å². The molecule has 2 amide bonds. The van der Waals surface area contributed by atoms with E-state index in [2.05, 4.69) is 5.32 Å². The predicted molar refractivity (Wildman–Crippen MR) is 112 cm³/mol. The Hall–Kier alpha value is -2.69.